The quantitative estimate of drug-likeness (QED) is 0.693. The lowest BCUT2D eigenvalue weighted by Crippen LogP contribution is -2.00. The Hall–Kier alpha value is -1.09. The van der Waals surface area contributed by atoms with Crippen molar-refractivity contribution in [2.75, 3.05) is 0 Å². The smallest absolute Gasteiger partial charge is 0.153 e. The van der Waals surface area contributed by atoms with Crippen molar-refractivity contribution in [3.05, 3.63) is 23.7 Å². The van der Waals surface area contributed by atoms with Gasteiger partial charge in [-0.3, -0.25) is 4.79 Å². The predicted octanol–water partition coefficient (Wildman–Crippen LogP) is 1.54. The number of furan rings is 1. The van der Waals surface area contributed by atoms with Gasteiger partial charge >= 0.3 is 0 Å². The summed E-state index contributed by atoms with van der Waals surface area (Å²) in [6.07, 6.45) is 3.62. The van der Waals surface area contributed by atoms with Crippen LogP contribution >= 0.6 is 0 Å². The van der Waals surface area contributed by atoms with Gasteiger partial charge in [-0.1, -0.05) is 0 Å². The standard InChI is InChI=1S/C9H10O3/c10-5-7-3-4-12-9(7)8(11)6-1-2-6/h3-6,8,11H,1-2H2. The van der Waals surface area contributed by atoms with Gasteiger partial charge in [0.25, 0.3) is 0 Å². The number of rotatable bonds is 3. The second-order valence-electron chi connectivity index (χ2n) is 3.14. The van der Waals surface area contributed by atoms with Crippen molar-refractivity contribution in [3.63, 3.8) is 0 Å². The SMILES string of the molecule is O=Cc1ccoc1C(O)C1CC1. The summed E-state index contributed by atoms with van der Waals surface area (Å²) in [6.45, 7) is 0. The van der Waals surface area contributed by atoms with E-state index in [1.807, 2.05) is 0 Å². The van der Waals surface area contributed by atoms with E-state index in [-0.39, 0.29) is 0 Å². The van der Waals surface area contributed by atoms with Gasteiger partial charge in [0.2, 0.25) is 0 Å². The number of aliphatic hydroxyl groups excluding tert-OH is 1. The number of aldehydes is 1. The van der Waals surface area contributed by atoms with Crippen LogP contribution in [0.4, 0.5) is 0 Å². The number of carbonyl (C=O) groups excluding carboxylic acids is 1. The highest BCUT2D eigenvalue weighted by molar-refractivity contribution is 5.76. The summed E-state index contributed by atoms with van der Waals surface area (Å²) in [5.41, 5.74) is 0.467. The molecule has 2 rings (SSSR count). The number of hydrogen-bond acceptors (Lipinski definition) is 3. The second kappa shape index (κ2) is 2.75. The monoisotopic (exact) mass is 166 g/mol. The summed E-state index contributed by atoms with van der Waals surface area (Å²) in [5, 5.41) is 9.61. The van der Waals surface area contributed by atoms with Gasteiger partial charge in [-0.15, -0.1) is 0 Å². The molecule has 0 radical (unpaired) electrons. The molecule has 1 saturated carbocycles. The summed E-state index contributed by atoms with van der Waals surface area (Å²) in [5.74, 6) is 0.724. The Kier molecular flexibility index (Phi) is 1.73. The van der Waals surface area contributed by atoms with Crippen LogP contribution in [0, 0.1) is 5.92 Å². The van der Waals surface area contributed by atoms with Gasteiger partial charge in [0, 0.05) is 0 Å². The van der Waals surface area contributed by atoms with Crippen molar-refractivity contribution in [3.8, 4) is 0 Å². The summed E-state index contributed by atoms with van der Waals surface area (Å²) in [7, 11) is 0. The zero-order valence-electron chi connectivity index (χ0n) is 6.56. The van der Waals surface area contributed by atoms with Crippen molar-refractivity contribution >= 4 is 6.29 Å². The molecule has 1 aliphatic carbocycles. The summed E-state index contributed by atoms with van der Waals surface area (Å²) in [4.78, 5) is 10.5. The number of hydrogen-bond donors (Lipinski definition) is 1. The van der Waals surface area contributed by atoms with Gasteiger partial charge in [-0.25, -0.2) is 0 Å². The van der Waals surface area contributed by atoms with Crippen LogP contribution in [0.25, 0.3) is 0 Å². The fourth-order valence-electron chi connectivity index (χ4n) is 1.29. The largest absolute Gasteiger partial charge is 0.466 e. The van der Waals surface area contributed by atoms with E-state index < -0.39 is 6.10 Å². The number of carbonyl (C=O) groups is 1. The lowest BCUT2D eigenvalue weighted by atomic mass is 10.1. The molecule has 12 heavy (non-hydrogen) atoms. The minimum Gasteiger partial charge on any atom is -0.466 e. The fraction of sp³-hybridized carbons (Fsp3) is 0.444. The summed E-state index contributed by atoms with van der Waals surface area (Å²) in [6, 6.07) is 1.58. The van der Waals surface area contributed by atoms with E-state index in [0.29, 0.717) is 23.5 Å². The molecule has 1 unspecified atom stereocenters. The Morgan fingerprint density at radius 3 is 3.00 bits per heavy atom. The molecule has 0 amide bonds. The number of aliphatic hydroxyl groups is 1. The molecule has 1 N–H and O–H groups in total. The normalized spacial score (nSPS) is 19.1. The Labute approximate surface area is 70.0 Å². The van der Waals surface area contributed by atoms with E-state index in [9.17, 15) is 9.90 Å². The van der Waals surface area contributed by atoms with Crippen LogP contribution in [0.2, 0.25) is 0 Å². The highest BCUT2D eigenvalue weighted by Gasteiger charge is 2.33. The van der Waals surface area contributed by atoms with Gasteiger partial charge in [-0.2, -0.15) is 0 Å². The Morgan fingerprint density at radius 2 is 2.42 bits per heavy atom. The molecule has 1 aliphatic rings. The maximum Gasteiger partial charge on any atom is 0.153 e. The van der Waals surface area contributed by atoms with Gasteiger partial charge in [0.15, 0.2) is 6.29 Å². The molecule has 1 aromatic rings. The van der Waals surface area contributed by atoms with Crippen molar-refractivity contribution < 1.29 is 14.3 Å². The molecule has 0 spiro atoms. The first-order valence-corrected chi connectivity index (χ1v) is 4.03. The van der Waals surface area contributed by atoms with E-state index in [0.717, 1.165) is 12.8 Å². The average molecular weight is 166 g/mol. The third-order valence-electron chi connectivity index (χ3n) is 2.19. The zero-order valence-corrected chi connectivity index (χ0v) is 6.56. The fourth-order valence-corrected chi connectivity index (χ4v) is 1.29. The zero-order chi connectivity index (χ0) is 8.55. The molecule has 1 heterocycles. The summed E-state index contributed by atoms with van der Waals surface area (Å²) >= 11 is 0. The minimum atomic E-state index is -0.583. The lowest BCUT2D eigenvalue weighted by molar-refractivity contribution is 0.108. The van der Waals surface area contributed by atoms with Crippen LogP contribution in [0.15, 0.2) is 16.7 Å². The van der Waals surface area contributed by atoms with E-state index in [1.165, 1.54) is 6.26 Å². The van der Waals surface area contributed by atoms with Crippen LogP contribution in [0.3, 0.4) is 0 Å². The molecule has 64 valence electrons. The summed E-state index contributed by atoms with van der Waals surface area (Å²) < 4.78 is 5.04. The van der Waals surface area contributed by atoms with E-state index >= 15 is 0 Å². The first-order valence-electron chi connectivity index (χ1n) is 4.03. The van der Waals surface area contributed by atoms with E-state index in [1.54, 1.807) is 6.07 Å². The van der Waals surface area contributed by atoms with Crippen molar-refractivity contribution in [1.29, 1.82) is 0 Å². The maximum absolute atomic E-state index is 10.5. The van der Waals surface area contributed by atoms with E-state index in [4.69, 9.17) is 4.42 Å². The highest BCUT2D eigenvalue weighted by Crippen LogP contribution is 2.41. The molecule has 3 heteroatoms. The molecule has 1 fully saturated rings. The van der Waals surface area contributed by atoms with Crippen LogP contribution in [0.5, 0.6) is 0 Å². The van der Waals surface area contributed by atoms with Gasteiger partial charge in [0.05, 0.1) is 11.8 Å². The molecular weight excluding hydrogens is 156 g/mol. The lowest BCUT2D eigenvalue weighted by Gasteiger charge is -2.05. The molecule has 1 aromatic heterocycles. The molecule has 0 aromatic carbocycles. The molecule has 0 saturated heterocycles. The van der Waals surface area contributed by atoms with Crippen molar-refractivity contribution in [2.45, 2.75) is 18.9 Å². The topological polar surface area (TPSA) is 50.4 Å². The highest BCUT2D eigenvalue weighted by atomic mass is 16.4. The minimum absolute atomic E-state index is 0.301. The maximum atomic E-state index is 10.5. The van der Waals surface area contributed by atoms with Gasteiger partial charge < -0.3 is 9.52 Å². The van der Waals surface area contributed by atoms with Crippen LogP contribution in [-0.2, 0) is 0 Å². The van der Waals surface area contributed by atoms with Crippen LogP contribution in [-0.4, -0.2) is 11.4 Å². The van der Waals surface area contributed by atoms with Gasteiger partial charge in [-0.05, 0) is 24.8 Å². The molecule has 1 atom stereocenters. The molecule has 0 bridgehead atoms. The van der Waals surface area contributed by atoms with Crippen LogP contribution in [0.1, 0.15) is 35.1 Å². The third-order valence-corrected chi connectivity index (χ3v) is 2.19. The Balaban J connectivity index is 2.24. The first kappa shape index (κ1) is 7.55. The second-order valence-corrected chi connectivity index (χ2v) is 3.14. The average Bonchev–Trinajstić information content (AvgIpc) is 2.82. The van der Waals surface area contributed by atoms with Crippen molar-refractivity contribution in [1.82, 2.24) is 0 Å². The third kappa shape index (κ3) is 1.16. The Bertz CT molecular complexity index is 286. The molecular formula is C9H10O3. The predicted molar refractivity (Wildman–Crippen MR) is 41.8 cm³/mol. The first-order chi connectivity index (χ1) is 5.83. The Morgan fingerprint density at radius 1 is 1.67 bits per heavy atom. The van der Waals surface area contributed by atoms with E-state index in [2.05, 4.69) is 0 Å². The molecule has 0 aliphatic heterocycles. The van der Waals surface area contributed by atoms with Crippen molar-refractivity contribution in [2.24, 2.45) is 5.92 Å². The van der Waals surface area contributed by atoms with Crippen LogP contribution < -0.4 is 0 Å². The van der Waals surface area contributed by atoms with Gasteiger partial charge in [0.1, 0.15) is 11.9 Å². The molecule has 3 nitrogen and oxygen atoms in total.